The zero-order valence-electron chi connectivity index (χ0n) is 11.0. The zero-order valence-corrected chi connectivity index (χ0v) is 11.0. The summed E-state index contributed by atoms with van der Waals surface area (Å²) in [5.41, 5.74) is -0.597. The molecule has 2 atom stereocenters. The fraction of sp³-hybridized carbons (Fsp3) is 0.857. The van der Waals surface area contributed by atoms with Crippen LogP contribution in [0.3, 0.4) is 0 Å². The molecule has 0 spiro atoms. The van der Waals surface area contributed by atoms with E-state index in [-0.39, 0.29) is 11.8 Å². The van der Waals surface area contributed by atoms with Gasteiger partial charge in [0.1, 0.15) is 5.54 Å². The van der Waals surface area contributed by atoms with Crippen molar-refractivity contribution in [1.29, 1.82) is 5.26 Å². The first kappa shape index (κ1) is 12.0. The van der Waals surface area contributed by atoms with E-state index in [0.717, 1.165) is 25.9 Å². The highest BCUT2D eigenvalue weighted by molar-refractivity contribution is 5.83. The van der Waals surface area contributed by atoms with Gasteiger partial charge in [0.15, 0.2) is 0 Å². The van der Waals surface area contributed by atoms with Crippen molar-refractivity contribution in [2.24, 2.45) is 17.8 Å². The average Bonchev–Trinajstić information content (AvgIpc) is 2.87. The van der Waals surface area contributed by atoms with Gasteiger partial charge in [-0.1, -0.05) is 6.42 Å². The molecule has 2 saturated carbocycles. The monoisotopic (exact) mass is 247 g/mol. The second kappa shape index (κ2) is 4.24. The smallest absolute Gasteiger partial charge is 0.224 e. The van der Waals surface area contributed by atoms with Crippen molar-refractivity contribution in [2.75, 3.05) is 20.1 Å². The number of piperidine rings is 1. The second-order valence-corrected chi connectivity index (χ2v) is 6.27. The van der Waals surface area contributed by atoms with Crippen LogP contribution in [0.15, 0.2) is 0 Å². The maximum atomic E-state index is 12.3. The van der Waals surface area contributed by atoms with Crippen LogP contribution >= 0.6 is 0 Å². The quantitative estimate of drug-likeness (QED) is 0.796. The number of carbonyl (C=O) groups is 1. The summed E-state index contributed by atoms with van der Waals surface area (Å²) in [6, 6.07) is 2.36. The van der Waals surface area contributed by atoms with Crippen molar-refractivity contribution in [1.82, 2.24) is 10.2 Å². The van der Waals surface area contributed by atoms with Crippen LogP contribution in [0.25, 0.3) is 0 Å². The highest BCUT2D eigenvalue weighted by Crippen LogP contribution is 2.57. The number of likely N-dealkylation sites (tertiary alicyclic amines) is 1. The molecule has 0 bridgehead atoms. The Kier molecular flexibility index (Phi) is 2.82. The van der Waals surface area contributed by atoms with Crippen molar-refractivity contribution >= 4 is 5.91 Å². The summed E-state index contributed by atoms with van der Waals surface area (Å²) in [4.78, 5) is 14.5. The molecule has 1 amide bonds. The van der Waals surface area contributed by atoms with Gasteiger partial charge in [-0.05, 0) is 44.6 Å². The van der Waals surface area contributed by atoms with Gasteiger partial charge in [-0.15, -0.1) is 0 Å². The van der Waals surface area contributed by atoms with Crippen LogP contribution in [0.4, 0.5) is 0 Å². The van der Waals surface area contributed by atoms with Crippen LogP contribution in [0.5, 0.6) is 0 Å². The standard InChI is InChI=1S/C14H21N3O/c1-17-7-5-14(9-15,6-8-17)16-13(18)12-10-3-2-4-11(10)12/h10-12H,2-8H2,1H3,(H,16,18). The lowest BCUT2D eigenvalue weighted by Gasteiger charge is -2.36. The number of amides is 1. The lowest BCUT2D eigenvalue weighted by atomic mass is 9.88. The number of nitriles is 1. The van der Waals surface area contributed by atoms with Crippen LogP contribution in [0.1, 0.15) is 32.1 Å². The highest BCUT2D eigenvalue weighted by atomic mass is 16.2. The van der Waals surface area contributed by atoms with E-state index < -0.39 is 5.54 Å². The summed E-state index contributed by atoms with van der Waals surface area (Å²) >= 11 is 0. The predicted octanol–water partition coefficient (Wildman–Crippen LogP) is 1.14. The van der Waals surface area contributed by atoms with E-state index in [1.165, 1.54) is 19.3 Å². The fourth-order valence-electron chi connectivity index (χ4n) is 3.79. The molecule has 1 aliphatic heterocycles. The normalized spacial score (nSPS) is 37.7. The maximum Gasteiger partial charge on any atom is 0.224 e. The third-order valence-electron chi connectivity index (χ3n) is 5.13. The van der Waals surface area contributed by atoms with E-state index in [1.807, 2.05) is 0 Å². The molecule has 0 radical (unpaired) electrons. The largest absolute Gasteiger partial charge is 0.337 e. The summed E-state index contributed by atoms with van der Waals surface area (Å²) in [5, 5.41) is 12.5. The number of fused-ring (bicyclic) bond motifs is 1. The van der Waals surface area contributed by atoms with Gasteiger partial charge >= 0.3 is 0 Å². The van der Waals surface area contributed by atoms with Crippen LogP contribution in [0, 0.1) is 29.1 Å². The molecular weight excluding hydrogens is 226 g/mol. The van der Waals surface area contributed by atoms with E-state index >= 15 is 0 Å². The lowest BCUT2D eigenvalue weighted by molar-refractivity contribution is -0.124. The number of nitrogens with one attached hydrogen (secondary N) is 1. The first-order valence-corrected chi connectivity index (χ1v) is 7.07. The molecule has 0 aromatic rings. The van der Waals surface area contributed by atoms with Crippen molar-refractivity contribution in [3.8, 4) is 6.07 Å². The minimum Gasteiger partial charge on any atom is -0.337 e. The number of carbonyl (C=O) groups excluding carboxylic acids is 1. The van der Waals surface area contributed by atoms with Crippen molar-refractivity contribution in [2.45, 2.75) is 37.6 Å². The van der Waals surface area contributed by atoms with Crippen LogP contribution in [-0.2, 0) is 4.79 Å². The molecule has 1 saturated heterocycles. The highest BCUT2D eigenvalue weighted by Gasteiger charge is 2.57. The third-order valence-corrected chi connectivity index (χ3v) is 5.13. The maximum absolute atomic E-state index is 12.3. The number of nitrogens with zero attached hydrogens (tertiary/aromatic N) is 2. The Morgan fingerprint density at radius 1 is 1.33 bits per heavy atom. The Morgan fingerprint density at radius 3 is 2.50 bits per heavy atom. The minimum absolute atomic E-state index is 0.149. The Labute approximate surface area is 108 Å². The van der Waals surface area contributed by atoms with E-state index in [9.17, 15) is 10.1 Å². The van der Waals surface area contributed by atoms with E-state index in [2.05, 4.69) is 23.3 Å². The van der Waals surface area contributed by atoms with Gasteiger partial charge in [-0.3, -0.25) is 4.79 Å². The minimum atomic E-state index is -0.597. The molecule has 98 valence electrons. The van der Waals surface area contributed by atoms with E-state index in [4.69, 9.17) is 0 Å². The van der Waals surface area contributed by atoms with E-state index in [0.29, 0.717) is 11.8 Å². The number of hydrogen-bond donors (Lipinski definition) is 1. The summed E-state index contributed by atoms with van der Waals surface area (Å²) in [6.45, 7) is 1.79. The molecule has 3 aliphatic rings. The molecule has 2 unspecified atom stereocenters. The number of rotatable bonds is 2. The molecule has 1 N–H and O–H groups in total. The molecule has 3 fully saturated rings. The van der Waals surface area contributed by atoms with Gasteiger partial charge in [-0.25, -0.2) is 0 Å². The molecule has 0 aromatic carbocycles. The van der Waals surface area contributed by atoms with Gasteiger partial charge in [0, 0.05) is 19.0 Å². The van der Waals surface area contributed by atoms with Gasteiger partial charge < -0.3 is 10.2 Å². The first-order chi connectivity index (χ1) is 8.65. The van der Waals surface area contributed by atoms with Crippen molar-refractivity contribution in [3.63, 3.8) is 0 Å². The molecule has 3 rings (SSSR count). The van der Waals surface area contributed by atoms with Crippen LogP contribution < -0.4 is 5.32 Å². The Morgan fingerprint density at radius 2 is 1.94 bits per heavy atom. The second-order valence-electron chi connectivity index (χ2n) is 6.27. The molecule has 2 aliphatic carbocycles. The molecule has 0 aromatic heterocycles. The van der Waals surface area contributed by atoms with Gasteiger partial charge in [0.25, 0.3) is 0 Å². The molecule has 4 heteroatoms. The predicted molar refractivity (Wildman–Crippen MR) is 67.5 cm³/mol. The molecule has 18 heavy (non-hydrogen) atoms. The fourth-order valence-corrected chi connectivity index (χ4v) is 3.79. The summed E-state index contributed by atoms with van der Waals surface area (Å²) in [5.74, 6) is 1.64. The van der Waals surface area contributed by atoms with Crippen molar-refractivity contribution < 1.29 is 4.79 Å². The third kappa shape index (κ3) is 1.91. The SMILES string of the molecule is CN1CCC(C#N)(NC(=O)C2C3CCCC32)CC1. The molecular formula is C14H21N3O. The average molecular weight is 247 g/mol. The molecule has 1 heterocycles. The Hall–Kier alpha value is -1.08. The van der Waals surface area contributed by atoms with Gasteiger partial charge in [0.2, 0.25) is 5.91 Å². The van der Waals surface area contributed by atoms with Crippen LogP contribution in [0.2, 0.25) is 0 Å². The number of hydrogen-bond acceptors (Lipinski definition) is 3. The first-order valence-electron chi connectivity index (χ1n) is 7.07. The Balaban J connectivity index is 1.61. The Bertz CT molecular complexity index is 382. The summed E-state index contributed by atoms with van der Waals surface area (Å²) in [6.07, 6.45) is 5.23. The van der Waals surface area contributed by atoms with Crippen molar-refractivity contribution in [3.05, 3.63) is 0 Å². The van der Waals surface area contributed by atoms with Gasteiger partial charge in [0.05, 0.1) is 6.07 Å². The van der Waals surface area contributed by atoms with Crippen LogP contribution in [-0.4, -0.2) is 36.5 Å². The van der Waals surface area contributed by atoms with E-state index in [1.54, 1.807) is 0 Å². The zero-order chi connectivity index (χ0) is 12.8. The molecule has 4 nitrogen and oxygen atoms in total. The summed E-state index contributed by atoms with van der Waals surface area (Å²) in [7, 11) is 2.06. The lowest BCUT2D eigenvalue weighted by Crippen LogP contribution is -2.54. The topological polar surface area (TPSA) is 56.1 Å². The van der Waals surface area contributed by atoms with Gasteiger partial charge in [-0.2, -0.15) is 5.26 Å². The summed E-state index contributed by atoms with van der Waals surface area (Å²) < 4.78 is 0.